The number of halogens is 1. The van der Waals surface area contributed by atoms with Gasteiger partial charge in [-0.25, -0.2) is 0 Å². The monoisotopic (exact) mass is 347 g/mol. The lowest BCUT2D eigenvalue weighted by molar-refractivity contribution is 0.131. The first-order valence-electron chi connectivity index (χ1n) is 7.19. The summed E-state index contributed by atoms with van der Waals surface area (Å²) >= 11 is 0. The number of benzene rings is 2. The van der Waals surface area contributed by atoms with Crippen LogP contribution in [-0.2, 0) is 0 Å². The maximum Gasteiger partial charge on any atom is 0.123 e. The summed E-state index contributed by atoms with van der Waals surface area (Å²) in [7, 11) is 4.20. The minimum Gasteiger partial charge on any atom is -0.489 e. The van der Waals surface area contributed by atoms with E-state index >= 15 is 0 Å². The Labute approximate surface area is 137 Å². The van der Waals surface area contributed by atoms with Crippen LogP contribution in [0.3, 0.4) is 0 Å². The molecule has 2 unspecified atom stereocenters. The molecule has 0 bridgehead atoms. The molecule has 3 heteroatoms. The van der Waals surface area contributed by atoms with Gasteiger partial charge in [0.15, 0.2) is 0 Å². The highest BCUT2D eigenvalue weighted by atomic mass is 79.9. The SMILES string of the molecule is Br.CN(C)CC1CC(c2ccccc2)c2ccccc2O1. The van der Waals surface area contributed by atoms with Crippen LogP contribution in [0.15, 0.2) is 54.6 Å². The third kappa shape index (κ3) is 3.66. The van der Waals surface area contributed by atoms with Crippen LogP contribution in [0, 0.1) is 0 Å². The molecular formula is C18H22BrNO. The van der Waals surface area contributed by atoms with Crippen molar-refractivity contribution in [1.82, 2.24) is 4.90 Å². The molecule has 0 saturated heterocycles. The van der Waals surface area contributed by atoms with E-state index in [1.807, 2.05) is 0 Å². The molecular weight excluding hydrogens is 326 g/mol. The number of hydrogen-bond donors (Lipinski definition) is 0. The second-order valence-corrected chi connectivity index (χ2v) is 5.74. The van der Waals surface area contributed by atoms with Gasteiger partial charge in [0.1, 0.15) is 11.9 Å². The van der Waals surface area contributed by atoms with Gasteiger partial charge in [0.2, 0.25) is 0 Å². The van der Waals surface area contributed by atoms with Gasteiger partial charge in [0.25, 0.3) is 0 Å². The molecule has 0 radical (unpaired) electrons. The molecule has 1 aliphatic rings. The number of fused-ring (bicyclic) bond motifs is 1. The summed E-state index contributed by atoms with van der Waals surface area (Å²) in [5.74, 6) is 1.48. The molecule has 0 N–H and O–H groups in total. The summed E-state index contributed by atoms with van der Waals surface area (Å²) in [6, 6.07) is 19.2. The molecule has 2 aromatic rings. The zero-order valence-electron chi connectivity index (χ0n) is 12.5. The van der Waals surface area contributed by atoms with E-state index in [1.165, 1.54) is 11.1 Å². The van der Waals surface area contributed by atoms with Crippen molar-refractivity contribution in [1.29, 1.82) is 0 Å². The summed E-state index contributed by atoms with van der Waals surface area (Å²) in [4.78, 5) is 2.20. The van der Waals surface area contributed by atoms with Gasteiger partial charge in [-0.2, -0.15) is 0 Å². The van der Waals surface area contributed by atoms with Crippen LogP contribution < -0.4 is 4.74 Å². The molecule has 0 amide bonds. The Balaban J connectivity index is 0.00000161. The Morgan fingerprint density at radius 3 is 2.38 bits per heavy atom. The van der Waals surface area contributed by atoms with Crippen LogP contribution in [0.1, 0.15) is 23.5 Å². The van der Waals surface area contributed by atoms with Crippen molar-refractivity contribution in [2.45, 2.75) is 18.4 Å². The Kier molecular flexibility index (Phi) is 5.43. The first kappa shape index (κ1) is 16.1. The topological polar surface area (TPSA) is 12.5 Å². The predicted molar refractivity (Wildman–Crippen MR) is 92.6 cm³/mol. The lowest BCUT2D eigenvalue weighted by atomic mass is 9.84. The highest BCUT2D eigenvalue weighted by molar-refractivity contribution is 8.93. The second kappa shape index (κ2) is 7.10. The molecule has 1 heterocycles. The Morgan fingerprint density at radius 1 is 1.00 bits per heavy atom. The minimum absolute atomic E-state index is 0. The van der Waals surface area contributed by atoms with E-state index < -0.39 is 0 Å². The van der Waals surface area contributed by atoms with E-state index in [4.69, 9.17) is 4.74 Å². The van der Waals surface area contributed by atoms with Crippen LogP contribution in [0.5, 0.6) is 5.75 Å². The summed E-state index contributed by atoms with van der Waals surface area (Å²) < 4.78 is 6.15. The van der Waals surface area contributed by atoms with Crippen molar-refractivity contribution in [3.8, 4) is 5.75 Å². The number of likely N-dealkylation sites (N-methyl/N-ethyl adjacent to an activating group) is 1. The van der Waals surface area contributed by atoms with E-state index in [1.54, 1.807) is 0 Å². The van der Waals surface area contributed by atoms with Crippen LogP contribution in [0.2, 0.25) is 0 Å². The molecule has 0 fully saturated rings. The van der Waals surface area contributed by atoms with Gasteiger partial charge >= 0.3 is 0 Å². The largest absolute Gasteiger partial charge is 0.489 e. The molecule has 0 aliphatic carbocycles. The molecule has 2 nitrogen and oxygen atoms in total. The van der Waals surface area contributed by atoms with E-state index in [-0.39, 0.29) is 23.1 Å². The maximum atomic E-state index is 6.15. The van der Waals surface area contributed by atoms with E-state index in [0.29, 0.717) is 5.92 Å². The Hall–Kier alpha value is -1.32. The van der Waals surface area contributed by atoms with Crippen molar-refractivity contribution in [2.75, 3.05) is 20.6 Å². The number of ether oxygens (including phenoxy) is 1. The summed E-state index contributed by atoms with van der Waals surface area (Å²) in [6.07, 6.45) is 1.30. The highest BCUT2D eigenvalue weighted by Crippen LogP contribution is 2.40. The van der Waals surface area contributed by atoms with Gasteiger partial charge in [-0.3, -0.25) is 0 Å². The third-order valence-electron chi connectivity index (χ3n) is 3.86. The number of rotatable bonds is 3. The van der Waals surface area contributed by atoms with Gasteiger partial charge in [0, 0.05) is 18.0 Å². The summed E-state index contributed by atoms with van der Waals surface area (Å²) in [5.41, 5.74) is 2.70. The van der Waals surface area contributed by atoms with Crippen molar-refractivity contribution < 1.29 is 4.74 Å². The smallest absolute Gasteiger partial charge is 0.123 e. The Morgan fingerprint density at radius 2 is 1.67 bits per heavy atom. The minimum atomic E-state index is 0. The molecule has 3 rings (SSSR count). The first-order chi connectivity index (χ1) is 9.74. The quantitative estimate of drug-likeness (QED) is 0.828. The van der Waals surface area contributed by atoms with Gasteiger partial charge in [0.05, 0.1) is 0 Å². The normalized spacial score (nSPS) is 20.3. The zero-order chi connectivity index (χ0) is 13.9. The van der Waals surface area contributed by atoms with Crippen LogP contribution >= 0.6 is 17.0 Å². The summed E-state index contributed by atoms with van der Waals surface area (Å²) in [6.45, 7) is 0.956. The van der Waals surface area contributed by atoms with E-state index in [0.717, 1.165) is 18.7 Å². The molecule has 112 valence electrons. The number of hydrogen-bond acceptors (Lipinski definition) is 2. The molecule has 0 spiro atoms. The molecule has 2 aromatic carbocycles. The predicted octanol–water partition coefficient (Wildman–Crippen LogP) is 4.11. The summed E-state index contributed by atoms with van der Waals surface area (Å²) in [5, 5.41) is 0. The van der Waals surface area contributed by atoms with Crippen LogP contribution in [0.4, 0.5) is 0 Å². The van der Waals surface area contributed by atoms with Crippen molar-refractivity contribution >= 4 is 17.0 Å². The van der Waals surface area contributed by atoms with E-state index in [2.05, 4.69) is 73.6 Å². The lowest BCUT2D eigenvalue weighted by Crippen LogP contribution is -2.35. The standard InChI is InChI=1S/C18H21NO.BrH/c1-19(2)13-15-12-17(14-8-4-3-5-9-14)16-10-6-7-11-18(16)20-15;/h3-11,15,17H,12-13H2,1-2H3;1H. The fourth-order valence-electron chi connectivity index (χ4n) is 3.01. The van der Waals surface area contributed by atoms with Crippen LogP contribution in [0.25, 0.3) is 0 Å². The van der Waals surface area contributed by atoms with Crippen molar-refractivity contribution in [3.63, 3.8) is 0 Å². The molecule has 2 atom stereocenters. The number of para-hydroxylation sites is 1. The average molecular weight is 348 g/mol. The average Bonchev–Trinajstić information content (AvgIpc) is 2.47. The number of nitrogens with zero attached hydrogens (tertiary/aromatic N) is 1. The molecule has 0 aromatic heterocycles. The van der Waals surface area contributed by atoms with Gasteiger partial charge < -0.3 is 9.64 Å². The fourth-order valence-corrected chi connectivity index (χ4v) is 3.01. The second-order valence-electron chi connectivity index (χ2n) is 5.74. The van der Waals surface area contributed by atoms with Gasteiger partial charge in [-0.05, 0) is 32.1 Å². The fraction of sp³-hybridized carbons (Fsp3) is 0.333. The molecule has 21 heavy (non-hydrogen) atoms. The Bertz CT molecular complexity index is 570. The third-order valence-corrected chi connectivity index (χ3v) is 3.86. The van der Waals surface area contributed by atoms with Gasteiger partial charge in [-0.15, -0.1) is 17.0 Å². The zero-order valence-corrected chi connectivity index (χ0v) is 14.2. The van der Waals surface area contributed by atoms with Crippen LogP contribution in [-0.4, -0.2) is 31.6 Å². The molecule has 1 aliphatic heterocycles. The first-order valence-corrected chi connectivity index (χ1v) is 7.19. The van der Waals surface area contributed by atoms with E-state index in [9.17, 15) is 0 Å². The van der Waals surface area contributed by atoms with Crippen molar-refractivity contribution in [3.05, 3.63) is 65.7 Å². The maximum absolute atomic E-state index is 6.15. The highest BCUT2D eigenvalue weighted by Gasteiger charge is 2.29. The van der Waals surface area contributed by atoms with Crippen molar-refractivity contribution in [2.24, 2.45) is 0 Å². The lowest BCUT2D eigenvalue weighted by Gasteiger charge is -2.33. The molecule has 0 saturated carbocycles. The van der Waals surface area contributed by atoms with Gasteiger partial charge in [-0.1, -0.05) is 48.5 Å².